The Balaban J connectivity index is 3.26. The maximum Gasteiger partial charge on any atom is 0.257 e. The minimum absolute atomic E-state index is 0.0741. The lowest BCUT2D eigenvalue weighted by molar-refractivity contribution is 0.0770. The highest BCUT2D eigenvalue weighted by Gasteiger charge is 2.18. The molecule has 1 aromatic rings. The normalized spacial score (nSPS) is 10.9. The van der Waals surface area contributed by atoms with Gasteiger partial charge in [0.05, 0.1) is 5.56 Å². The summed E-state index contributed by atoms with van der Waals surface area (Å²) in [5.41, 5.74) is 2.05. The molecular weight excluding hydrogens is 226 g/mol. The Morgan fingerprint density at radius 1 is 1.33 bits per heavy atom. The summed E-state index contributed by atoms with van der Waals surface area (Å²) in [5.74, 6) is -0.0479. The molecule has 0 aliphatic carbocycles. The van der Waals surface area contributed by atoms with Crippen LogP contribution in [0.1, 0.15) is 42.3 Å². The Morgan fingerprint density at radius 3 is 2.44 bits per heavy atom. The summed E-state index contributed by atoms with van der Waals surface area (Å²) in [6.45, 7) is 8.95. The highest BCUT2D eigenvalue weighted by molar-refractivity contribution is 5.98. The van der Waals surface area contributed by atoms with E-state index in [0.717, 1.165) is 11.1 Å². The molecule has 1 aromatic carbocycles. The summed E-state index contributed by atoms with van der Waals surface area (Å²) < 4.78 is 0. The Kier molecular flexibility index (Phi) is 4.95. The number of nitrogens with zero attached hydrogens (tertiary/aromatic N) is 1. The van der Waals surface area contributed by atoms with Gasteiger partial charge < -0.3 is 10.0 Å². The first-order valence-electron chi connectivity index (χ1n) is 6.31. The quantitative estimate of drug-likeness (QED) is 0.887. The summed E-state index contributed by atoms with van der Waals surface area (Å²) in [6.07, 6.45) is 3.68. The van der Waals surface area contributed by atoms with E-state index < -0.39 is 0 Å². The van der Waals surface area contributed by atoms with Crippen molar-refractivity contribution in [3.8, 4) is 5.75 Å². The van der Waals surface area contributed by atoms with Crippen LogP contribution in [-0.4, -0.2) is 29.0 Å². The van der Waals surface area contributed by atoms with Gasteiger partial charge in [-0.25, -0.2) is 0 Å². The molecule has 3 heteroatoms. The number of aryl methyl sites for hydroxylation is 1. The molecule has 0 aliphatic rings. The van der Waals surface area contributed by atoms with E-state index in [-0.39, 0.29) is 11.7 Å². The van der Waals surface area contributed by atoms with E-state index in [4.69, 9.17) is 0 Å². The van der Waals surface area contributed by atoms with Gasteiger partial charge in [-0.05, 0) is 39.3 Å². The van der Waals surface area contributed by atoms with Gasteiger partial charge in [0, 0.05) is 18.7 Å². The Hall–Kier alpha value is -1.77. The second kappa shape index (κ2) is 6.24. The van der Waals surface area contributed by atoms with Crippen molar-refractivity contribution >= 4 is 12.0 Å². The number of allylic oxidation sites excluding steroid dienone is 1. The zero-order chi connectivity index (χ0) is 13.7. The van der Waals surface area contributed by atoms with Crippen LogP contribution >= 0.6 is 0 Å². The summed E-state index contributed by atoms with van der Waals surface area (Å²) in [7, 11) is 0. The molecule has 1 amide bonds. The first-order chi connectivity index (χ1) is 8.56. The molecule has 0 bridgehead atoms. The van der Waals surface area contributed by atoms with Gasteiger partial charge in [-0.15, -0.1) is 0 Å². The number of rotatable bonds is 4. The largest absolute Gasteiger partial charge is 0.506 e. The van der Waals surface area contributed by atoms with E-state index in [9.17, 15) is 9.90 Å². The van der Waals surface area contributed by atoms with Gasteiger partial charge in [0.15, 0.2) is 0 Å². The molecule has 0 atom stereocenters. The molecule has 0 aromatic heterocycles. The van der Waals surface area contributed by atoms with Gasteiger partial charge in [0.25, 0.3) is 5.91 Å². The second-order valence-electron chi connectivity index (χ2n) is 4.17. The van der Waals surface area contributed by atoms with Crippen molar-refractivity contribution in [2.75, 3.05) is 13.1 Å². The second-order valence-corrected chi connectivity index (χ2v) is 4.17. The van der Waals surface area contributed by atoms with Crippen molar-refractivity contribution in [3.63, 3.8) is 0 Å². The number of phenols is 1. The van der Waals surface area contributed by atoms with Gasteiger partial charge in [0.2, 0.25) is 0 Å². The first kappa shape index (κ1) is 14.3. The molecule has 0 heterocycles. The van der Waals surface area contributed by atoms with Crippen LogP contribution in [0.2, 0.25) is 0 Å². The average molecular weight is 247 g/mol. The van der Waals surface area contributed by atoms with Crippen molar-refractivity contribution < 1.29 is 9.90 Å². The molecule has 1 N–H and O–H groups in total. The van der Waals surface area contributed by atoms with Crippen molar-refractivity contribution in [2.45, 2.75) is 27.7 Å². The van der Waals surface area contributed by atoms with Crippen LogP contribution in [0.5, 0.6) is 5.75 Å². The summed E-state index contributed by atoms with van der Waals surface area (Å²) in [4.78, 5) is 13.9. The van der Waals surface area contributed by atoms with E-state index in [1.807, 2.05) is 45.9 Å². The van der Waals surface area contributed by atoms with Crippen molar-refractivity contribution in [1.82, 2.24) is 4.90 Å². The molecule has 0 radical (unpaired) electrons. The van der Waals surface area contributed by atoms with E-state index in [1.54, 1.807) is 11.0 Å². The molecule has 1 rings (SSSR count). The van der Waals surface area contributed by atoms with Crippen LogP contribution in [0.3, 0.4) is 0 Å². The Bertz CT molecular complexity index is 460. The van der Waals surface area contributed by atoms with Crippen LogP contribution < -0.4 is 0 Å². The number of hydrogen-bond acceptors (Lipinski definition) is 2. The zero-order valence-electron chi connectivity index (χ0n) is 11.5. The summed E-state index contributed by atoms with van der Waals surface area (Å²) in [5, 5.41) is 10.2. The third-order valence-electron chi connectivity index (χ3n) is 3.05. The predicted octanol–water partition coefficient (Wildman–Crippen LogP) is 3.22. The lowest BCUT2D eigenvalue weighted by Gasteiger charge is -2.20. The Labute approximate surface area is 109 Å². The zero-order valence-corrected chi connectivity index (χ0v) is 11.5. The number of carbonyl (C=O) groups is 1. The molecule has 0 unspecified atom stereocenters. The fourth-order valence-corrected chi connectivity index (χ4v) is 1.94. The van der Waals surface area contributed by atoms with E-state index >= 15 is 0 Å². The van der Waals surface area contributed by atoms with Crippen molar-refractivity contribution in [1.29, 1.82) is 0 Å². The first-order valence-corrected chi connectivity index (χ1v) is 6.31. The lowest BCUT2D eigenvalue weighted by Crippen LogP contribution is -2.30. The molecule has 3 nitrogen and oxygen atoms in total. The predicted molar refractivity (Wildman–Crippen MR) is 74.8 cm³/mol. The SMILES string of the molecule is C/C=C/c1c(C)ccc(C(=O)N(CC)CC)c1O. The number of hydrogen-bond donors (Lipinski definition) is 1. The van der Waals surface area contributed by atoms with Crippen LogP contribution in [0.4, 0.5) is 0 Å². The number of phenolic OH excluding ortho intramolecular Hbond substituents is 1. The number of benzene rings is 1. The molecule has 0 fully saturated rings. The van der Waals surface area contributed by atoms with Gasteiger partial charge in [-0.2, -0.15) is 0 Å². The molecule has 98 valence electrons. The minimum Gasteiger partial charge on any atom is -0.506 e. The topological polar surface area (TPSA) is 40.5 Å². The van der Waals surface area contributed by atoms with Crippen molar-refractivity contribution in [3.05, 3.63) is 34.9 Å². The molecule has 0 aliphatic heterocycles. The van der Waals surface area contributed by atoms with Crippen LogP contribution in [0.15, 0.2) is 18.2 Å². The summed E-state index contributed by atoms with van der Waals surface area (Å²) in [6, 6.07) is 3.56. The fourth-order valence-electron chi connectivity index (χ4n) is 1.94. The third-order valence-corrected chi connectivity index (χ3v) is 3.05. The molecular formula is C15H21NO2. The minimum atomic E-state index is -0.122. The van der Waals surface area contributed by atoms with Crippen LogP contribution in [-0.2, 0) is 0 Å². The smallest absolute Gasteiger partial charge is 0.257 e. The average Bonchev–Trinajstić information content (AvgIpc) is 2.36. The molecule has 0 spiro atoms. The van der Waals surface area contributed by atoms with Gasteiger partial charge in [0.1, 0.15) is 5.75 Å². The highest BCUT2D eigenvalue weighted by Crippen LogP contribution is 2.28. The third kappa shape index (κ3) is 2.73. The van der Waals surface area contributed by atoms with E-state index in [1.165, 1.54) is 0 Å². The maximum atomic E-state index is 12.2. The number of amides is 1. The lowest BCUT2D eigenvalue weighted by atomic mass is 10.0. The van der Waals surface area contributed by atoms with Crippen molar-refractivity contribution in [2.24, 2.45) is 0 Å². The van der Waals surface area contributed by atoms with Crippen LogP contribution in [0, 0.1) is 6.92 Å². The van der Waals surface area contributed by atoms with Gasteiger partial charge >= 0.3 is 0 Å². The van der Waals surface area contributed by atoms with E-state index in [0.29, 0.717) is 18.7 Å². The van der Waals surface area contributed by atoms with Gasteiger partial charge in [-0.1, -0.05) is 18.2 Å². The maximum absolute atomic E-state index is 12.2. The molecule has 0 saturated carbocycles. The monoisotopic (exact) mass is 247 g/mol. The van der Waals surface area contributed by atoms with Crippen LogP contribution in [0.25, 0.3) is 6.08 Å². The highest BCUT2D eigenvalue weighted by atomic mass is 16.3. The summed E-state index contributed by atoms with van der Waals surface area (Å²) >= 11 is 0. The number of carbonyl (C=O) groups excluding carboxylic acids is 1. The Morgan fingerprint density at radius 2 is 1.94 bits per heavy atom. The van der Waals surface area contributed by atoms with E-state index in [2.05, 4.69) is 0 Å². The standard InChI is InChI=1S/C15H21NO2/c1-5-8-12-11(4)9-10-13(14(12)17)15(18)16(6-2)7-3/h5,8-10,17H,6-7H2,1-4H3/b8-5+. The molecule has 0 saturated heterocycles. The number of aromatic hydroxyl groups is 1. The fraction of sp³-hybridized carbons (Fsp3) is 0.400. The molecule has 18 heavy (non-hydrogen) atoms. The van der Waals surface area contributed by atoms with Gasteiger partial charge in [-0.3, -0.25) is 4.79 Å².